The van der Waals surface area contributed by atoms with Crippen molar-refractivity contribution in [2.75, 3.05) is 23.3 Å². The van der Waals surface area contributed by atoms with Gasteiger partial charge in [0.1, 0.15) is 11.4 Å². The van der Waals surface area contributed by atoms with E-state index in [0.29, 0.717) is 6.54 Å². The number of rotatable bonds is 4. The summed E-state index contributed by atoms with van der Waals surface area (Å²) < 4.78 is 5.95. The third-order valence-corrected chi connectivity index (χ3v) is 5.18. The van der Waals surface area contributed by atoms with E-state index in [-0.39, 0.29) is 11.6 Å². The lowest BCUT2D eigenvalue weighted by atomic mass is 10.0. The molecule has 0 saturated carbocycles. The molecule has 142 valence electrons. The maximum atomic E-state index is 12.2. The van der Waals surface area contributed by atoms with Crippen molar-refractivity contribution in [3.63, 3.8) is 0 Å². The number of amides is 2. The van der Waals surface area contributed by atoms with Gasteiger partial charge in [0, 0.05) is 31.7 Å². The molecule has 5 nitrogen and oxygen atoms in total. The topological polar surface area (TPSA) is 53.6 Å². The third kappa shape index (κ3) is 3.59. The second kappa shape index (κ2) is 6.80. The molecule has 2 heterocycles. The van der Waals surface area contributed by atoms with Gasteiger partial charge in [-0.3, -0.25) is 4.90 Å². The molecule has 2 aromatic rings. The molecule has 0 atom stereocenters. The van der Waals surface area contributed by atoms with Crippen LogP contribution in [0.5, 0.6) is 5.75 Å². The fourth-order valence-corrected chi connectivity index (χ4v) is 3.92. The van der Waals surface area contributed by atoms with E-state index in [1.165, 1.54) is 16.7 Å². The number of hydrogen-bond acceptors (Lipinski definition) is 3. The van der Waals surface area contributed by atoms with Gasteiger partial charge in [0.05, 0.1) is 5.69 Å². The van der Waals surface area contributed by atoms with Crippen LogP contribution in [0.2, 0.25) is 0 Å². The molecule has 27 heavy (non-hydrogen) atoms. The van der Waals surface area contributed by atoms with Crippen LogP contribution in [0.25, 0.3) is 0 Å². The zero-order chi connectivity index (χ0) is 19.0. The molecule has 2 amide bonds. The summed E-state index contributed by atoms with van der Waals surface area (Å²) in [5.74, 6) is 0.999. The Morgan fingerprint density at radius 3 is 2.85 bits per heavy atom. The first-order chi connectivity index (χ1) is 12.9. The summed E-state index contributed by atoms with van der Waals surface area (Å²) in [4.78, 5) is 14.1. The smallest absolute Gasteiger partial charge is 0.321 e. The van der Waals surface area contributed by atoms with E-state index < -0.39 is 0 Å². The average molecular weight is 365 g/mol. The van der Waals surface area contributed by atoms with Gasteiger partial charge in [0.2, 0.25) is 0 Å². The normalized spacial score (nSPS) is 16.5. The molecule has 0 fully saturated rings. The monoisotopic (exact) mass is 365 g/mol. The Morgan fingerprint density at radius 2 is 2.04 bits per heavy atom. The first-order valence-corrected chi connectivity index (χ1v) is 9.68. The molecule has 0 saturated heterocycles. The number of anilines is 2. The lowest BCUT2D eigenvalue weighted by molar-refractivity contribution is 0.138. The van der Waals surface area contributed by atoms with E-state index in [1.807, 2.05) is 11.8 Å². The molecule has 0 radical (unpaired) electrons. The number of carbonyl (C=O) groups is 1. The number of nitrogens with one attached hydrogen (secondary N) is 2. The standard InChI is InChI=1S/C22H27N3O2/c1-4-23-21(26)25-10-9-16-6-7-18(12-19(16)25)24-14-15-5-8-20-17(11-15)13-22(2,3)27-20/h5-8,11-12,24H,4,9-10,13-14H2,1-3H3,(H,23,26). The number of benzene rings is 2. The lowest BCUT2D eigenvalue weighted by Crippen LogP contribution is -2.38. The maximum absolute atomic E-state index is 12.2. The molecule has 0 aromatic heterocycles. The highest BCUT2D eigenvalue weighted by Crippen LogP contribution is 2.35. The minimum Gasteiger partial charge on any atom is -0.487 e. The SMILES string of the molecule is CCNC(=O)N1CCc2ccc(NCc3ccc4c(c3)CC(C)(C)O4)cc21. The molecule has 2 aliphatic heterocycles. The van der Waals surface area contributed by atoms with Crippen molar-refractivity contribution in [3.05, 3.63) is 53.1 Å². The van der Waals surface area contributed by atoms with Crippen molar-refractivity contribution < 1.29 is 9.53 Å². The van der Waals surface area contributed by atoms with Crippen molar-refractivity contribution in [2.45, 2.75) is 45.8 Å². The van der Waals surface area contributed by atoms with Gasteiger partial charge in [-0.05, 0) is 62.1 Å². The van der Waals surface area contributed by atoms with Crippen molar-refractivity contribution in [3.8, 4) is 5.75 Å². The summed E-state index contributed by atoms with van der Waals surface area (Å²) in [5.41, 5.74) is 5.66. The van der Waals surface area contributed by atoms with E-state index in [4.69, 9.17) is 4.74 Å². The van der Waals surface area contributed by atoms with Crippen LogP contribution in [0, 0.1) is 0 Å². The first kappa shape index (κ1) is 17.7. The number of hydrogen-bond donors (Lipinski definition) is 2. The van der Waals surface area contributed by atoms with E-state index in [0.717, 1.165) is 43.1 Å². The molecular weight excluding hydrogens is 338 g/mol. The van der Waals surface area contributed by atoms with Crippen molar-refractivity contribution >= 4 is 17.4 Å². The summed E-state index contributed by atoms with van der Waals surface area (Å²) in [7, 11) is 0. The van der Waals surface area contributed by atoms with E-state index in [1.54, 1.807) is 0 Å². The Labute approximate surface area is 160 Å². The maximum Gasteiger partial charge on any atom is 0.321 e. The molecule has 4 rings (SSSR count). The Morgan fingerprint density at radius 1 is 1.19 bits per heavy atom. The number of fused-ring (bicyclic) bond motifs is 2. The van der Waals surface area contributed by atoms with Crippen LogP contribution >= 0.6 is 0 Å². The van der Waals surface area contributed by atoms with Gasteiger partial charge in [-0.25, -0.2) is 4.79 Å². The number of urea groups is 1. The third-order valence-electron chi connectivity index (χ3n) is 5.18. The first-order valence-electron chi connectivity index (χ1n) is 9.68. The van der Waals surface area contributed by atoms with Gasteiger partial charge in [0.25, 0.3) is 0 Å². The summed E-state index contributed by atoms with van der Waals surface area (Å²) >= 11 is 0. The second-order valence-corrected chi connectivity index (χ2v) is 7.91. The highest BCUT2D eigenvalue weighted by atomic mass is 16.5. The highest BCUT2D eigenvalue weighted by molar-refractivity contribution is 5.94. The van der Waals surface area contributed by atoms with Crippen LogP contribution < -0.4 is 20.3 Å². The van der Waals surface area contributed by atoms with E-state index in [2.05, 4.69) is 60.9 Å². The Bertz CT molecular complexity index is 876. The van der Waals surface area contributed by atoms with Crippen molar-refractivity contribution in [1.29, 1.82) is 0 Å². The van der Waals surface area contributed by atoms with Gasteiger partial charge in [-0.2, -0.15) is 0 Å². The van der Waals surface area contributed by atoms with Crippen LogP contribution in [0.4, 0.5) is 16.2 Å². The Hall–Kier alpha value is -2.69. The van der Waals surface area contributed by atoms with Crippen LogP contribution in [-0.2, 0) is 19.4 Å². The molecule has 2 aromatic carbocycles. The van der Waals surface area contributed by atoms with Gasteiger partial charge < -0.3 is 15.4 Å². The van der Waals surface area contributed by atoms with Crippen LogP contribution in [0.3, 0.4) is 0 Å². The summed E-state index contributed by atoms with van der Waals surface area (Å²) in [6, 6.07) is 12.7. The lowest BCUT2D eigenvalue weighted by Gasteiger charge is -2.18. The second-order valence-electron chi connectivity index (χ2n) is 7.91. The number of carbonyl (C=O) groups excluding carboxylic acids is 1. The van der Waals surface area contributed by atoms with Crippen LogP contribution in [-0.4, -0.2) is 24.7 Å². The molecule has 0 aliphatic carbocycles. The van der Waals surface area contributed by atoms with Gasteiger partial charge in [0.15, 0.2) is 0 Å². The summed E-state index contributed by atoms with van der Waals surface area (Å²) in [6.45, 7) is 8.31. The van der Waals surface area contributed by atoms with Crippen LogP contribution in [0.15, 0.2) is 36.4 Å². The molecule has 0 spiro atoms. The van der Waals surface area contributed by atoms with Crippen molar-refractivity contribution in [2.24, 2.45) is 0 Å². The number of ether oxygens (including phenoxy) is 1. The zero-order valence-corrected chi connectivity index (χ0v) is 16.3. The Balaban J connectivity index is 1.46. The largest absolute Gasteiger partial charge is 0.487 e. The summed E-state index contributed by atoms with van der Waals surface area (Å²) in [5, 5.41) is 6.39. The molecule has 5 heteroatoms. The predicted octanol–water partition coefficient (Wildman–Crippen LogP) is 4.10. The zero-order valence-electron chi connectivity index (χ0n) is 16.3. The van der Waals surface area contributed by atoms with E-state index >= 15 is 0 Å². The summed E-state index contributed by atoms with van der Waals surface area (Å²) in [6.07, 6.45) is 1.85. The molecule has 2 aliphatic rings. The minimum absolute atomic E-state index is 0.0189. The van der Waals surface area contributed by atoms with E-state index in [9.17, 15) is 4.79 Å². The van der Waals surface area contributed by atoms with Gasteiger partial charge in [-0.15, -0.1) is 0 Å². The predicted molar refractivity (Wildman–Crippen MR) is 109 cm³/mol. The quantitative estimate of drug-likeness (QED) is 0.857. The molecule has 0 bridgehead atoms. The van der Waals surface area contributed by atoms with Gasteiger partial charge >= 0.3 is 6.03 Å². The average Bonchev–Trinajstić information content (AvgIpc) is 3.18. The highest BCUT2D eigenvalue weighted by Gasteiger charge is 2.30. The van der Waals surface area contributed by atoms with Gasteiger partial charge in [-0.1, -0.05) is 18.2 Å². The Kier molecular flexibility index (Phi) is 4.46. The van der Waals surface area contributed by atoms with Crippen LogP contribution in [0.1, 0.15) is 37.5 Å². The molecule has 2 N–H and O–H groups in total. The van der Waals surface area contributed by atoms with Crippen molar-refractivity contribution in [1.82, 2.24) is 5.32 Å². The minimum atomic E-state index is -0.114. The fraction of sp³-hybridized carbons (Fsp3) is 0.409. The molecule has 0 unspecified atom stereocenters. The fourth-order valence-electron chi connectivity index (χ4n) is 3.92. The molecular formula is C22H27N3O2. The number of nitrogens with zero attached hydrogens (tertiary/aromatic N) is 1.